The zero-order chi connectivity index (χ0) is 21.8. The zero-order valence-corrected chi connectivity index (χ0v) is 17.2. The Kier molecular flexibility index (Phi) is 5.97. The van der Waals surface area contributed by atoms with Gasteiger partial charge in [-0.25, -0.2) is 4.39 Å². The summed E-state index contributed by atoms with van der Waals surface area (Å²) in [6.45, 7) is 1.77. The molecule has 0 spiro atoms. The number of carbonyl (C=O) groups is 2. The Hall–Kier alpha value is -3.68. The van der Waals surface area contributed by atoms with Crippen molar-refractivity contribution in [1.29, 1.82) is 0 Å². The summed E-state index contributed by atoms with van der Waals surface area (Å²) in [5.41, 5.74) is 2.27. The Balaban J connectivity index is 1.47. The van der Waals surface area contributed by atoms with E-state index in [1.165, 1.54) is 18.2 Å². The largest absolute Gasteiger partial charge is 0.496 e. The van der Waals surface area contributed by atoms with Gasteiger partial charge in [-0.15, -0.1) is 0 Å². The van der Waals surface area contributed by atoms with E-state index in [9.17, 15) is 14.0 Å². The minimum atomic E-state index is -0.357. The van der Waals surface area contributed by atoms with Gasteiger partial charge in [-0.3, -0.25) is 14.3 Å². The molecule has 0 atom stereocenters. The van der Waals surface area contributed by atoms with Gasteiger partial charge in [-0.05, 0) is 30.2 Å². The van der Waals surface area contributed by atoms with E-state index in [2.05, 4.69) is 10.4 Å². The average molecular weight is 422 g/mol. The fourth-order valence-electron chi connectivity index (χ4n) is 3.62. The molecule has 31 heavy (non-hydrogen) atoms. The first kappa shape index (κ1) is 20.6. The summed E-state index contributed by atoms with van der Waals surface area (Å²) in [6.07, 6.45) is 0.712. The number of fused-ring (bicyclic) bond motifs is 1. The molecule has 0 aliphatic carbocycles. The van der Waals surface area contributed by atoms with Crippen LogP contribution in [0.15, 0.2) is 54.6 Å². The van der Waals surface area contributed by atoms with Gasteiger partial charge in [0.25, 0.3) is 11.8 Å². The smallest absolute Gasteiger partial charge is 0.272 e. The van der Waals surface area contributed by atoms with Crippen molar-refractivity contribution in [3.8, 4) is 5.75 Å². The lowest BCUT2D eigenvalue weighted by molar-refractivity contribution is 0.0745. The van der Waals surface area contributed by atoms with E-state index in [1.807, 2.05) is 24.3 Å². The molecule has 0 fully saturated rings. The number of hydrogen-bond acceptors (Lipinski definition) is 4. The summed E-state index contributed by atoms with van der Waals surface area (Å²) in [5, 5.41) is 7.18. The second-order valence-electron chi connectivity index (χ2n) is 7.34. The molecular weight excluding hydrogens is 399 g/mol. The van der Waals surface area contributed by atoms with Gasteiger partial charge >= 0.3 is 0 Å². The van der Waals surface area contributed by atoms with Crippen LogP contribution in [0.3, 0.4) is 0 Å². The van der Waals surface area contributed by atoms with Crippen molar-refractivity contribution in [2.75, 3.05) is 13.7 Å². The van der Waals surface area contributed by atoms with Gasteiger partial charge in [0.05, 0.1) is 7.11 Å². The van der Waals surface area contributed by atoms with Gasteiger partial charge in [0.1, 0.15) is 17.3 Å². The number of hydrogen-bond donors (Lipinski definition) is 1. The number of ether oxygens (including phenoxy) is 1. The number of amides is 2. The van der Waals surface area contributed by atoms with Crippen molar-refractivity contribution in [1.82, 2.24) is 20.0 Å². The first-order chi connectivity index (χ1) is 15.0. The number of methoxy groups -OCH3 is 1. The second kappa shape index (κ2) is 8.99. The number of rotatable bonds is 6. The van der Waals surface area contributed by atoms with Crippen LogP contribution in [0.1, 0.15) is 38.5 Å². The van der Waals surface area contributed by atoms with Crippen molar-refractivity contribution in [3.63, 3.8) is 0 Å². The van der Waals surface area contributed by atoms with E-state index in [4.69, 9.17) is 4.74 Å². The molecule has 1 aliphatic rings. The number of aryl methyl sites for hydroxylation is 1. The summed E-state index contributed by atoms with van der Waals surface area (Å²) < 4.78 is 20.1. The predicted octanol–water partition coefficient (Wildman–Crippen LogP) is 3.01. The second-order valence-corrected chi connectivity index (χ2v) is 7.34. The molecule has 2 heterocycles. The number of benzene rings is 2. The van der Waals surface area contributed by atoms with Gasteiger partial charge in [-0.1, -0.05) is 30.3 Å². The molecule has 0 saturated carbocycles. The quantitative estimate of drug-likeness (QED) is 0.663. The molecule has 1 aliphatic heterocycles. The highest BCUT2D eigenvalue weighted by Gasteiger charge is 2.26. The summed E-state index contributed by atoms with van der Waals surface area (Å²) >= 11 is 0. The standard InChI is InChI=1S/C23H23FN4O3/c1-31-21-6-3-2-5-17(21)14-25-22(29)19-13-20-23(30)27(11-4-12-28(20)26-19)15-16-7-9-18(24)10-8-16/h2-3,5-10,13H,4,11-12,14-15H2,1H3,(H,25,29). The highest BCUT2D eigenvalue weighted by Crippen LogP contribution is 2.19. The Bertz CT molecular complexity index is 1090. The van der Waals surface area contributed by atoms with Crippen LogP contribution in [0.25, 0.3) is 0 Å². The monoisotopic (exact) mass is 422 g/mol. The van der Waals surface area contributed by atoms with Crippen molar-refractivity contribution >= 4 is 11.8 Å². The molecule has 2 aromatic carbocycles. The molecule has 0 radical (unpaired) electrons. The lowest BCUT2D eigenvalue weighted by Gasteiger charge is -2.20. The fourth-order valence-corrected chi connectivity index (χ4v) is 3.62. The Morgan fingerprint density at radius 1 is 1.16 bits per heavy atom. The minimum Gasteiger partial charge on any atom is -0.496 e. The number of nitrogens with one attached hydrogen (secondary N) is 1. The van der Waals surface area contributed by atoms with E-state index >= 15 is 0 Å². The Labute approximate surface area is 179 Å². The Morgan fingerprint density at radius 3 is 2.71 bits per heavy atom. The van der Waals surface area contributed by atoms with E-state index in [1.54, 1.807) is 28.8 Å². The first-order valence-electron chi connectivity index (χ1n) is 10.1. The highest BCUT2D eigenvalue weighted by atomic mass is 19.1. The topological polar surface area (TPSA) is 76.5 Å². The van der Waals surface area contributed by atoms with Crippen LogP contribution in [-0.4, -0.2) is 40.1 Å². The Morgan fingerprint density at radius 2 is 1.94 bits per heavy atom. The van der Waals surface area contributed by atoms with Crippen LogP contribution in [0, 0.1) is 5.82 Å². The molecule has 0 saturated heterocycles. The van der Waals surface area contributed by atoms with E-state index in [0.717, 1.165) is 11.1 Å². The first-order valence-corrected chi connectivity index (χ1v) is 10.1. The average Bonchev–Trinajstić information content (AvgIpc) is 3.16. The lowest BCUT2D eigenvalue weighted by atomic mass is 10.2. The van der Waals surface area contributed by atoms with E-state index < -0.39 is 0 Å². The van der Waals surface area contributed by atoms with Crippen LogP contribution in [0.4, 0.5) is 4.39 Å². The molecular formula is C23H23FN4O3. The summed E-state index contributed by atoms with van der Waals surface area (Å²) in [4.78, 5) is 27.4. The van der Waals surface area contributed by atoms with Crippen LogP contribution >= 0.6 is 0 Å². The van der Waals surface area contributed by atoms with Crippen molar-refractivity contribution in [2.45, 2.75) is 26.1 Å². The number of carbonyl (C=O) groups excluding carboxylic acids is 2. The van der Waals surface area contributed by atoms with Gasteiger partial charge in [-0.2, -0.15) is 5.10 Å². The maximum absolute atomic E-state index is 13.2. The van der Waals surface area contributed by atoms with Gasteiger partial charge in [0.2, 0.25) is 0 Å². The summed E-state index contributed by atoms with van der Waals surface area (Å²) in [5.74, 6) is -0.176. The van der Waals surface area contributed by atoms with Crippen LogP contribution in [0.5, 0.6) is 5.75 Å². The third-order valence-corrected chi connectivity index (χ3v) is 5.24. The van der Waals surface area contributed by atoms with Crippen molar-refractivity contribution in [3.05, 3.63) is 82.9 Å². The number of nitrogens with zero attached hydrogens (tertiary/aromatic N) is 3. The molecule has 3 aromatic rings. The van der Waals surface area contributed by atoms with E-state index in [-0.39, 0.29) is 29.9 Å². The van der Waals surface area contributed by atoms with Gasteiger partial charge in [0, 0.05) is 37.8 Å². The third-order valence-electron chi connectivity index (χ3n) is 5.24. The van der Waals surface area contributed by atoms with E-state index in [0.29, 0.717) is 37.5 Å². The molecule has 7 nitrogen and oxygen atoms in total. The van der Waals surface area contributed by atoms with Gasteiger partial charge in [0.15, 0.2) is 5.69 Å². The predicted molar refractivity (Wildman–Crippen MR) is 112 cm³/mol. The normalized spacial score (nSPS) is 13.5. The molecule has 4 rings (SSSR count). The molecule has 2 amide bonds. The molecule has 160 valence electrons. The molecule has 1 aromatic heterocycles. The molecule has 1 N–H and O–H groups in total. The zero-order valence-electron chi connectivity index (χ0n) is 17.2. The van der Waals surface area contributed by atoms with Crippen LogP contribution in [0.2, 0.25) is 0 Å². The lowest BCUT2D eigenvalue weighted by Crippen LogP contribution is -2.30. The van der Waals surface area contributed by atoms with Gasteiger partial charge < -0.3 is 15.0 Å². The molecule has 0 bridgehead atoms. The highest BCUT2D eigenvalue weighted by molar-refractivity contribution is 5.98. The third kappa shape index (κ3) is 4.58. The number of halogens is 1. The maximum atomic E-state index is 13.2. The fraction of sp³-hybridized carbons (Fsp3) is 0.261. The minimum absolute atomic E-state index is 0.196. The van der Waals surface area contributed by atoms with Crippen molar-refractivity contribution < 1.29 is 18.7 Å². The maximum Gasteiger partial charge on any atom is 0.272 e. The van der Waals surface area contributed by atoms with Crippen LogP contribution in [-0.2, 0) is 19.6 Å². The van der Waals surface area contributed by atoms with Crippen LogP contribution < -0.4 is 10.1 Å². The molecule has 0 unspecified atom stereocenters. The van der Waals surface area contributed by atoms with Crippen molar-refractivity contribution in [2.24, 2.45) is 0 Å². The summed E-state index contributed by atoms with van der Waals surface area (Å²) in [7, 11) is 1.58. The number of para-hydroxylation sites is 1. The summed E-state index contributed by atoms with van der Waals surface area (Å²) in [6, 6.07) is 15.1. The molecule has 8 heteroatoms. The SMILES string of the molecule is COc1ccccc1CNC(=O)c1cc2n(n1)CCCN(Cc1ccc(F)cc1)C2=O. The number of aromatic nitrogens is 2.